The van der Waals surface area contributed by atoms with Crippen LogP contribution in [0.1, 0.15) is 39.0 Å². The predicted octanol–water partition coefficient (Wildman–Crippen LogP) is 4.04. The van der Waals surface area contributed by atoms with Gasteiger partial charge in [-0.15, -0.1) is 0 Å². The van der Waals surface area contributed by atoms with E-state index in [0.717, 1.165) is 24.1 Å². The number of benzene rings is 1. The van der Waals surface area contributed by atoms with E-state index < -0.39 is 0 Å². The van der Waals surface area contributed by atoms with Crippen molar-refractivity contribution in [3.05, 3.63) is 24.0 Å². The van der Waals surface area contributed by atoms with Gasteiger partial charge in [-0.05, 0) is 42.9 Å². The Bertz CT molecular complexity index is 372. The molecule has 0 radical (unpaired) electrons. The molecule has 0 amide bonds. The smallest absolute Gasteiger partial charge is 0.127 e. The number of nitrogens with two attached hydrogens (primary N) is 1. The highest BCUT2D eigenvalue weighted by Crippen LogP contribution is 2.30. The Morgan fingerprint density at radius 1 is 1.33 bits per heavy atom. The molecule has 1 fully saturated rings. The van der Waals surface area contributed by atoms with Crippen molar-refractivity contribution in [2.45, 2.75) is 39.0 Å². The minimum Gasteiger partial charge on any atom is -0.399 e. The zero-order valence-corrected chi connectivity index (χ0v) is 11.1. The summed E-state index contributed by atoms with van der Waals surface area (Å²) in [6, 6.07) is 4.63. The first kappa shape index (κ1) is 13.2. The summed E-state index contributed by atoms with van der Waals surface area (Å²) in [6.45, 7) is 3.24. The zero-order chi connectivity index (χ0) is 13.0. The van der Waals surface area contributed by atoms with Gasteiger partial charge in [0.2, 0.25) is 0 Å². The van der Waals surface area contributed by atoms with Gasteiger partial charge >= 0.3 is 0 Å². The fraction of sp³-hybridized carbons (Fsp3) is 0.600. The molecule has 0 spiro atoms. The van der Waals surface area contributed by atoms with Crippen molar-refractivity contribution >= 4 is 11.4 Å². The molecule has 2 nitrogen and oxygen atoms in total. The highest BCUT2D eigenvalue weighted by atomic mass is 19.1. The monoisotopic (exact) mass is 250 g/mol. The van der Waals surface area contributed by atoms with Gasteiger partial charge in [-0.3, -0.25) is 0 Å². The van der Waals surface area contributed by atoms with Crippen LogP contribution in [0.2, 0.25) is 0 Å². The van der Waals surface area contributed by atoms with Gasteiger partial charge in [-0.1, -0.05) is 26.2 Å². The van der Waals surface area contributed by atoms with Crippen LogP contribution in [0.3, 0.4) is 0 Å². The molecule has 2 unspecified atom stereocenters. The molecule has 0 aliphatic heterocycles. The normalized spacial score (nSPS) is 23.9. The summed E-state index contributed by atoms with van der Waals surface area (Å²) < 4.78 is 13.1. The SMILES string of the molecule is CC1CCCC(CCNc2cc(N)cc(F)c2)C1. The van der Waals surface area contributed by atoms with Crippen LogP contribution in [0.15, 0.2) is 18.2 Å². The van der Waals surface area contributed by atoms with Gasteiger partial charge in [-0.2, -0.15) is 0 Å². The summed E-state index contributed by atoms with van der Waals surface area (Å²) in [5.74, 6) is 1.42. The lowest BCUT2D eigenvalue weighted by Gasteiger charge is -2.26. The zero-order valence-electron chi connectivity index (χ0n) is 11.1. The molecular formula is C15H23FN2. The molecule has 1 aliphatic carbocycles. The van der Waals surface area contributed by atoms with Gasteiger partial charge in [-0.25, -0.2) is 4.39 Å². The summed E-state index contributed by atoms with van der Waals surface area (Å²) in [5.41, 5.74) is 6.88. The van der Waals surface area contributed by atoms with Gasteiger partial charge in [0.15, 0.2) is 0 Å². The van der Waals surface area contributed by atoms with Crippen LogP contribution in [0.25, 0.3) is 0 Å². The summed E-state index contributed by atoms with van der Waals surface area (Å²) in [5, 5.41) is 3.27. The standard InChI is InChI=1S/C15H23FN2/c1-11-3-2-4-12(7-11)5-6-18-15-9-13(16)8-14(17)10-15/h8-12,18H,2-7,17H2,1H3. The first-order chi connectivity index (χ1) is 8.63. The minimum atomic E-state index is -0.274. The molecule has 2 rings (SSSR count). The Morgan fingerprint density at radius 2 is 2.17 bits per heavy atom. The van der Waals surface area contributed by atoms with E-state index >= 15 is 0 Å². The lowest BCUT2D eigenvalue weighted by molar-refractivity contribution is 0.274. The summed E-state index contributed by atoms with van der Waals surface area (Å²) >= 11 is 0. The van der Waals surface area contributed by atoms with Crippen LogP contribution >= 0.6 is 0 Å². The quantitative estimate of drug-likeness (QED) is 0.792. The minimum absolute atomic E-state index is 0.274. The third-order valence-electron chi connectivity index (χ3n) is 3.85. The maximum absolute atomic E-state index is 13.1. The molecular weight excluding hydrogens is 227 g/mol. The van der Waals surface area contributed by atoms with Crippen molar-refractivity contribution in [2.24, 2.45) is 11.8 Å². The van der Waals surface area contributed by atoms with Crippen LogP contribution in [-0.4, -0.2) is 6.54 Å². The first-order valence-electron chi connectivity index (χ1n) is 6.93. The molecule has 0 saturated heterocycles. The Kier molecular flexibility index (Phi) is 4.45. The van der Waals surface area contributed by atoms with Crippen molar-refractivity contribution in [1.29, 1.82) is 0 Å². The van der Waals surface area contributed by atoms with E-state index in [4.69, 9.17) is 5.73 Å². The topological polar surface area (TPSA) is 38.0 Å². The number of anilines is 2. The highest BCUT2D eigenvalue weighted by Gasteiger charge is 2.18. The van der Waals surface area contributed by atoms with E-state index in [0.29, 0.717) is 5.69 Å². The maximum atomic E-state index is 13.1. The van der Waals surface area contributed by atoms with E-state index in [-0.39, 0.29) is 5.82 Å². The van der Waals surface area contributed by atoms with Crippen LogP contribution in [0, 0.1) is 17.7 Å². The Balaban J connectivity index is 1.77. The van der Waals surface area contributed by atoms with Gasteiger partial charge in [0.25, 0.3) is 0 Å². The van der Waals surface area contributed by atoms with Crippen LogP contribution in [0.4, 0.5) is 15.8 Å². The average molecular weight is 250 g/mol. The molecule has 0 heterocycles. The van der Waals surface area contributed by atoms with E-state index in [1.807, 2.05) is 0 Å². The second kappa shape index (κ2) is 6.07. The van der Waals surface area contributed by atoms with E-state index in [1.54, 1.807) is 6.07 Å². The van der Waals surface area contributed by atoms with Gasteiger partial charge < -0.3 is 11.1 Å². The number of nitrogens with one attached hydrogen (secondary N) is 1. The maximum Gasteiger partial charge on any atom is 0.127 e. The van der Waals surface area contributed by atoms with Crippen molar-refractivity contribution in [3.8, 4) is 0 Å². The van der Waals surface area contributed by atoms with Crippen LogP contribution in [-0.2, 0) is 0 Å². The van der Waals surface area contributed by atoms with Crippen LogP contribution in [0.5, 0.6) is 0 Å². The number of hydrogen-bond acceptors (Lipinski definition) is 2. The Labute approximate surface area is 109 Å². The summed E-state index contributed by atoms with van der Waals surface area (Å²) in [6.07, 6.45) is 6.59. The van der Waals surface area contributed by atoms with E-state index in [1.165, 1.54) is 44.2 Å². The van der Waals surface area contributed by atoms with Crippen molar-refractivity contribution in [2.75, 3.05) is 17.6 Å². The molecule has 1 aliphatic rings. The number of rotatable bonds is 4. The molecule has 0 aromatic heterocycles. The molecule has 1 aromatic rings. The van der Waals surface area contributed by atoms with Crippen molar-refractivity contribution < 1.29 is 4.39 Å². The molecule has 100 valence electrons. The van der Waals surface area contributed by atoms with Crippen LogP contribution < -0.4 is 11.1 Å². The molecule has 2 atom stereocenters. The second-order valence-corrected chi connectivity index (χ2v) is 5.63. The second-order valence-electron chi connectivity index (χ2n) is 5.63. The highest BCUT2D eigenvalue weighted by molar-refractivity contribution is 5.54. The summed E-state index contributed by atoms with van der Waals surface area (Å²) in [7, 11) is 0. The third kappa shape index (κ3) is 3.90. The predicted molar refractivity (Wildman–Crippen MR) is 75.0 cm³/mol. The molecule has 18 heavy (non-hydrogen) atoms. The molecule has 3 N–H and O–H groups in total. The molecule has 1 aromatic carbocycles. The third-order valence-corrected chi connectivity index (χ3v) is 3.85. The number of hydrogen-bond donors (Lipinski definition) is 2. The lowest BCUT2D eigenvalue weighted by atomic mass is 9.81. The fourth-order valence-corrected chi connectivity index (χ4v) is 2.96. The average Bonchev–Trinajstić information content (AvgIpc) is 2.27. The molecule has 1 saturated carbocycles. The number of nitrogen functional groups attached to an aromatic ring is 1. The Morgan fingerprint density at radius 3 is 2.89 bits per heavy atom. The van der Waals surface area contributed by atoms with Gasteiger partial charge in [0.1, 0.15) is 5.82 Å². The van der Waals surface area contributed by atoms with Crippen molar-refractivity contribution in [3.63, 3.8) is 0 Å². The van der Waals surface area contributed by atoms with E-state index in [2.05, 4.69) is 12.2 Å². The largest absolute Gasteiger partial charge is 0.399 e. The Hall–Kier alpha value is -1.25. The molecule has 0 bridgehead atoms. The first-order valence-corrected chi connectivity index (χ1v) is 6.93. The fourth-order valence-electron chi connectivity index (χ4n) is 2.96. The van der Waals surface area contributed by atoms with Gasteiger partial charge in [0, 0.05) is 17.9 Å². The summed E-state index contributed by atoms with van der Waals surface area (Å²) in [4.78, 5) is 0. The van der Waals surface area contributed by atoms with Gasteiger partial charge in [0.05, 0.1) is 0 Å². The van der Waals surface area contributed by atoms with E-state index in [9.17, 15) is 4.39 Å². The van der Waals surface area contributed by atoms with Crippen molar-refractivity contribution in [1.82, 2.24) is 0 Å². The molecule has 3 heteroatoms. The lowest BCUT2D eigenvalue weighted by Crippen LogP contribution is -2.16. The number of halogens is 1.